The van der Waals surface area contributed by atoms with Crippen LogP contribution in [0.4, 0.5) is 16.0 Å². The van der Waals surface area contributed by atoms with E-state index in [1.54, 1.807) is 18.2 Å². The average Bonchev–Trinajstić information content (AvgIpc) is 2.64. The van der Waals surface area contributed by atoms with Crippen LogP contribution >= 0.6 is 0 Å². The average molecular weight is 338 g/mol. The molecule has 1 fully saturated rings. The number of piperidine rings is 1. The van der Waals surface area contributed by atoms with Crippen molar-refractivity contribution in [3.63, 3.8) is 0 Å². The Morgan fingerprint density at radius 3 is 2.56 bits per heavy atom. The maximum absolute atomic E-state index is 13.0. The monoisotopic (exact) mass is 338 g/mol. The second-order valence-corrected chi connectivity index (χ2v) is 6.32. The minimum absolute atomic E-state index is 0.104. The molecule has 1 saturated heterocycles. The van der Waals surface area contributed by atoms with Crippen molar-refractivity contribution in [1.29, 1.82) is 0 Å². The zero-order valence-corrected chi connectivity index (χ0v) is 13.7. The number of para-hydroxylation sites is 1. The number of nitrogens with zero attached hydrogens (tertiary/aromatic N) is 2. The summed E-state index contributed by atoms with van der Waals surface area (Å²) in [5, 5.41) is 4.05. The molecule has 2 aromatic carbocycles. The molecule has 0 unspecified atom stereocenters. The Bertz CT molecular complexity index is 930. The first kappa shape index (κ1) is 15.6. The summed E-state index contributed by atoms with van der Waals surface area (Å²) >= 11 is 0. The van der Waals surface area contributed by atoms with E-state index in [1.165, 1.54) is 12.1 Å². The van der Waals surface area contributed by atoms with Crippen molar-refractivity contribution in [3.8, 4) is 0 Å². The molecule has 1 aliphatic heterocycles. The third kappa shape index (κ3) is 3.33. The lowest BCUT2D eigenvalue weighted by molar-refractivity contribution is 0.520. The van der Waals surface area contributed by atoms with Crippen molar-refractivity contribution >= 4 is 22.5 Å². The highest BCUT2D eigenvalue weighted by Crippen LogP contribution is 2.20. The SMILES string of the molecule is O=c1[nH]c(N2CCC(Nc3ccc(F)cc3)CC2)nc2ccccc12. The number of nitrogens with one attached hydrogen (secondary N) is 2. The van der Waals surface area contributed by atoms with E-state index in [-0.39, 0.29) is 11.4 Å². The van der Waals surface area contributed by atoms with Gasteiger partial charge in [-0.25, -0.2) is 9.37 Å². The summed E-state index contributed by atoms with van der Waals surface area (Å²) in [6, 6.07) is 14.1. The first-order chi connectivity index (χ1) is 12.2. The van der Waals surface area contributed by atoms with Crippen molar-refractivity contribution in [2.24, 2.45) is 0 Å². The fraction of sp³-hybridized carbons (Fsp3) is 0.263. The van der Waals surface area contributed by atoms with Gasteiger partial charge in [-0.15, -0.1) is 0 Å². The number of rotatable bonds is 3. The first-order valence-corrected chi connectivity index (χ1v) is 8.45. The molecule has 0 amide bonds. The summed E-state index contributed by atoms with van der Waals surface area (Å²) in [7, 11) is 0. The van der Waals surface area contributed by atoms with Crippen molar-refractivity contribution in [2.75, 3.05) is 23.3 Å². The van der Waals surface area contributed by atoms with Gasteiger partial charge in [0.05, 0.1) is 10.9 Å². The van der Waals surface area contributed by atoms with Crippen LogP contribution < -0.4 is 15.8 Å². The van der Waals surface area contributed by atoms with E-state index in [9.17, 15) is 9.18 Å². The van der Waals surface area contributed by atoms with Crippen molar-refractivity contribution in [1.82, 2.24) is 9.97 Å². The molecule has 0 spiro atoms. The number of hydrogen-bond acceptors (Lipinski definition) is 4. The zero-order valence-electron chi connectivity index (χ0n) is 13.7. The summed E-state index contributed by atoms with van der Waals surface area (Å²) in [6.07, 6.45) is 1.85. The summed E-state index contributed by atoms with van der Waals surface area (Å²) in [6.45, 7) is 1.61. The molecular weight excluding hydrogens is 319 g/mol. The van der Waals surface area contributed by atoms with Gasteiger partial charge in [0.25, 0.3) is 5.56 Å². The number of anilines is 2. The number of benzene rings is 2. The van der Waals surface area contributed by atoms with Crippen molar-refractivity contribution in [2.45, 2.75) is 18.9 Å². The molecule has 6 heteroatoms. The maximum atomic E-state index is 13.0. The molecule has 25 heavy (non-hydrogen) atoms. The van der Waals surface area contributed by atoms with Gasteiger partial charge in [0.15, 0.2) is 0 Å². The molecule has 0 bridgehead atoms. The van der Waals surface area contributed by atoms with Gasteiger partial charge in [0.1, 0.15) is 5.82 Å². The van der Waals surface area contributed by atoms with E-state index in [0.29, 0.717) is 22.9 Å². The van der Waals surface area contributed by atoms with Gasteiger partial charge in [-0.2, -0.15) is 0 Å². The highest BCUT2D eigenvalue weighted by atomic mass is 19.1. The third-order valence-corrected chi connectivity index (χ3v) is 4.61. The normalized spacial score (nSPS) is 15.5. The smallest absolute Gasteiger partial charge is 0.260 e. The van der Waals surface area contributed by atoms with Crippen LogP contribution in [-0.2, 0) is 0 Å². The Balaban J connectivity index is 1.45. The summed E-state index contributed by atoms with van der Waals surface area (Å²) < 4.78 is 13.0. The van der Waals surface area contributed by atoms with E-state index in [2.05, 4.69) is 20.2 Å². The Morgan fingerprint density at radius 2 is 1.80 bits per heavy atom. The fourth-order valence-electron chi connectivity index (χ4n) is 3.24. The molecule has 1 aromatic heterocycles. The van der Waals surface area contributed by atoms with E-state index in [1.807, 2.05) is 18.2 Å². The minimum Gasteiger partial charge on any atom is -0.382 e. The van der Waals surface area contributed by atoms with E-state index in [4.69, 9.17) is 0 Å². The molecule has 0 aliphatic carbocycles. The highest BCUT2D eigenvalue weighted by molar-refractivity contribution is 5.78. The van der Waals surface area contributed by atoms with Crippen molar-refractivity contribution in [3.05, 3.63) is 64.7 Å². The van der Waals surface area contributed by atoms with Gasteiger partial charge in [-0.3, -0.25) is 9.78 Å². The Kier molecular flexibility index (Phi) is 4.09. The van der Waals surface area contributed by atoms with Gasteiger partial charge < -0.3 is 10.2 Å². The van der Waals surface area contributed by atoms with Gasteiger partial charge in [0.2, 0.25) is 5.95 Å². The maximum Gasteiger partial charge on any atom is 0.260 e. The first-order valence-electron chi connectivity index (χ1n) is 8.45. The molecule has 0 saturated carbocycles. The Hall–Kier alpha value is -2.89. The van der Waals surface area contributed by atoms with Crippen LogP contribution in [0.1, 0.15) is 12.8 Å². The molecule has 1 aliphatic rings. The standard InChI is InChI=1S/C19H19FN4O/c20-13-5-7-14(8-6-13)21-15-9-11-24(12-10-15)19-22-17-4-2-1-3-16(17)18(25)23-19/h1-8,15,21H,9-12H2,(H,22,23,25). The van der Waals surface area contributed by atoms with Gasteiger partial charge in [-0.1, -0.05) is 12.1 Å². The van der Waals surface area contributed by atoms with Crippen LogP contribution in [0.3, 0.4) is 0 Å². The molecule has 2 heterocycles. The number of aromatic amines is 1. The number of halogens is 1. The van der Waals surface area contributed by atoms with E-state index >= 15 is 0 Å². The summed E-state index contributed by atoms with van der Waals surface area (Å²) in [5.41, 5.74) is 1.54. The Labute approximate surface area is 144 Å². The van der Waals surface area contributed by atoms with Crippen LogP contribution in [-0.4, -0.2) is 29.1 Å². The molecule has 0 radical (unpaired) electrons. The lowest BCUT2D eigenvalue weighted by Crippen LogP contribution is -2.40. The van der Waals surface area contributed by atoms with Crippen LogP contribution in [0.15, 0.2) is 53.3 Å². The van der Waals surface area contributed by atoms with Gasteiger partial charge in [-0.05, 0) is 49.2 Å². The predicted octanol–water partition coefficient (Wildman–Crippen LogP) is 3.14. The number of hydrogen-bond donors (Lipinski definition) is 2. The second kappa shape index (κ2) is 6.55. The van der Waals surface area contributed by atoms with Gasteiger partial charge in [0, 0.05) is 24.8 Å². The topological polar surface area (TPSA) is 61.0 Å². The van der Waals surface area contributed by atoms with Crippen LogP contribution in [0, 0.1) is 5.82 Å². The largest absolute Gasteiger partial charge is 0.382 e. The van der Waals surface area contributed by atoms with E-state index < -0.39 is 0 Å². The minimum atomic E-state index is -0.230. The molecule has 0 atom stereocenters. The summed E-state index contributed by atoms with van der Waals surface area (Å²) in [5.74, 6) is 0.399. The lowest BCUT2D eigenvalue weighted by atomic mass is 10.0. The second-order valence-electron chi connectivity index (χ2n) is 6.32. The fourth-order valence-corrected chi connectivity index (χ4v) is 3.24. The van der Waals surface area contributed by atoms with Crippen molar-refractivity contribution < 1.29 is 4.39 Å². The highest BCUT2D eigenvalue weighted by Gasteiger charge is 2.21. The van der Waals surface area contributed by atoms with Crippen LogP contribution in [0.25, 0.3) is 10.9 Å². The molecular formula is C19H19FN4O. The lowest BCUT2D eigenvalue weighted by Gasteiger charge is -2.33. The zero-order chi connectivity index (χ0) is 17.2. The molecule has 2 N–H and O–H groups in total. The Morgan fingerprint density at radius 1 is 1.08 bits per heavy atom. The van der Waals surface area contributed by atoms with Crippen LogP contribution in [0.2, 0.25) is 0 Å². The molecule has 3 aromatic rings. The summed E-state index contributed by atoms with van der Waals surface area (Å²) in [4.78, 5) is 21.8. The number of fused-ring (bicyclic) bond motifs is 1. The molecule has 5 nitrogen and oxygen atoms in total. The third-order valence-electron chi connectivity index (χ3n) is 4.61. The molecule has 128 valence electrons. The predicted molar refractivity (Wildman–Crippen MR) is 97.6 cm³/mol. The number of aromatic nitrogens is 2. The quantitative estimate of drug-likeness (QED) is 0.770. The van der Waals surface area contributed by atoms with E-state index in [0.717, 1.165) is 31.6 Å². The number of H-pyrrole nitrogens is 1. The molecule has 4 rings (SSSR count). The van der Waals surface area contributed by atoms with Gasteiger partial charge >= 0.3 is 0 Å². The van der Waals surface area contributed by atoms with Crippen LogP contribution in [0.5, 0.6) is 0 Å².